The molecule has 1 heterocycles. The molecule has 24 heavy (non-hydrogen) atoms. The van der Waals surface area contributed by atoms with Gasteiger partial charge in [0.05, 0.1) is 12.5 Å². The van der Waals surface area contributed by atoms with Gasteiger partial charge in [-0.05, 0) is 19.1 Å². The summed E-state index contributed by atoms with van der Waals surface area (Å²) in [5.41, 5.74) is 1.84. The number of carboxylic acids is 1. The Labute approximate surface area is 140 Å². The van der Waals surface area contributed by atoms with Crippen LogP contribution in [0, 0.1) is 12.8 Å². The monoisotopic (exact) mass is 334 g/mol. The number of carboxylic acid groups (broad SMARTS) is 1. The molecule has 130 valence electrons. The van der Waals surface area contributed by atoms with Gasteiger partial charge in [-0.3, -0.25) is 14.4 Å². The van der Waals surface area contributed by atoms with Crippen molar-refractivity contribution in [1.29, 1.82) is 0 Å². The third kappa shape index (κ3) is 4.32. The number of hydrogen-bond donors (Lipinski definition) is 1. The predicted molar refractivity (Wildman–Crippen MR) is 87.7 cm³/mol. The number of aliphatic carboxylic acids is 1. The van der Waals surface area contributed by atoms with E-state index in [9.17, 15) is 14.4 Å². The Morgan fingerprint density at radius 2 is 2.00 bits per heavy atom. The molecule has 1 aliphatic rings. The molecule has 7 heteroatoms. The molecule has 0 bridgehead atoms. The fourth-order valence-electron chi connectivity index (χ4n) is 2.74. The molecular weight excluding hydrogens is 312 g/mol. The molecule has 0 radical (unpaired) electrons. The van der Waals surface area contributed by atoms with Gasteiger partial charge in [-0.1, -0.05) is 17.7 Å². The van der Waals surface area contributed by atoms with Crippen LogP contribution in [0.4, 0.5) is 5.69 Å². The molecule has 0 aliphatic carbocycles. The van der Waals surface area contributed by atoms with E-state index in [1.165, 1.54) is 12.0 Å². The summed E-state index contributed by atoms with van der Waals surface area (Å²) in [6.45, 7) is 2.28. The predicted octanol–water partition coefficient (Wildman–Crippen LogP) is 0.908. The SMILES string of the molecule is COCCN(CC(=O)O)C(=O)C1CC(=O)N(c2ccc(C)cc2)C1. The van der Waals surface area contributed by atoms with Crippen molar-refractivity contribution in [2.45, 2.75) is 13.3 Å². The van der Waals surface area contributed by atoms with Gasteiger partial charge in [0.1, 0.15) is 6.54 Å². The van der Waals surface area contributed by atoms with E-state index in [-0.39, 0.29) is 37.9 Å². The molecule has 1 N–H and O–H groups in total. The number of hydrogen-bond acceptors (Lipinski definition) is 4. The molecule has 0 spiro atoms. The van der Waals surface area contributed by atoms with Gasteiger partial charge in [0.2, 0.25) is 11.8 Å². The normalized spacial score (nSPS) is 17.2. The lowest BCUT2D eigenvalue weighted by Gasteiger charge is -2.23. The smallest absolute Gasteiger partial charge is 0.323 e. The van der Waals surface area contributed by atoms with E-state index in [1.54, 1.807) is 4.90 Å². The highest BCUT2D eigenvalue weighted by molar-refractivity contribution is 6.00. The lowest BCUT2D eigenvalue weighted by Crippen LogP contribution is -2.42. The molecule has 2 rings (SSSR count). The third-order valence-electron chi connectivity index (χ3n) is 4.02. The maximum absolute atomic E-state index is 12.6. The number of ether oxygens (including phenoxy) is 1. The molecule has 1 atom stereocenters. The van der Waals surface area contributed by atoms with Gasteiger partial charge in [0.25, 0.3) is 0 Å². The van der Waals surface area contributed by atoms with Crippen molar-refractivity contribution < 1.29 is 24.2 Å². The molecule has 2 amide bonds. The zero-order chi connectivity index (χ0) is 17.7. The Hall–Kier alpha value is -2.41. The van der Waals surface area contributed by atoms with Gasteiger partial charge < -0.3 is 19.6 Å². The van der Waals surface area contributed by atoms with Crippen molar-refractivity contribution in [1.82, 2.24) is 4.90 Å². The highest BCUT2D eigenvalue weighted by Crippen LogP contribution is 2.26. The molecule has 0 aromatic heterocycles. The van der Waals surface area contributed by atoms with E-state index < -0.39 is 18.4 Å². The van der Waals surface area contributed by atoms with Crippen LogP contribution in [0.15, 0.2) is 24.3 Å². The van der Waals surface area contributed by atoms with Crippen LogP contribution in [0.25, 0.3) is 0 Å². The zero-order valence-electron chi connectivity index (χ0n) is 13.9. The van der Waals surface area contributed by atoms with Crippen LogP contribution in [-0.2, 0) is 19.1 Å². The molecule has 1 aromatic rings. The van der Waals surface area contributed by atoms with Gasteiger partial charge >= 0.3 is 5.97 Å². The summed E-state index contributed by atoms with van der Waals surface area (Å²) in [6, 6.07) is 7.51. The second kappa shape index (κ2) is 7.92. The van der Waals surface area contributed by atoms with E-state index in [0.717, 1.165) is 11.3 Å². The highest BCUT2D eigenvalue weighted by Gasteiger charge is 2.37. The summed E-state index contributed by atoms with van der Waals surface area (Å²) in [5.74, 6) is -2.06. The first-order chi connectivity index (χ1) is 11.4. The zero-order valence-corrected chi connectivity index (χ0v) is 13.9. The first-order valence-electron chi connectivity index (χ1n) is 7.79. The minimum Gasteiger partial charge on any atom is -0.480 e. The van der Waals surface area contributed by atoms with Crippen molar-refractivity contribution in [3.63, 3.8) is 0 Å². The second-order valence-corrected chi connectivity index (χ2v) is 5.89. The Morgan fingerprint density at radius 1 is 1.33 bits per heavy atom. The first-order valence-corrected chi connectivity index (χ1v) is 7.79. The minimum atomic E-state index is -1.08. The van der Waals surface area contributed by atoms with Crippen molar-refractivity contribution in [2.75, 3.05) is 38.3 Å². The number of nitrogens with zero attached hydrogens (tertiary/aromatic N) is 2. The number of aryl methyl sites for hydroxylation is 1. The summed E-state index contributed by atoms with van der Waals surface area (Å²) in [7, 11) is 1.49. The number of anilines is 1. The quantitative estimate of drug-likeness (QED) is 0.801. The fraction of sp³-hybridized carbons (Fsp3) is 0.471. The Bertz CT molecular complexity index is 614. The number of amides is 2. The number of methoxy groups -OCH3 is 1. The van der Waals surface area contributed by atoms with E-state index in [1.807, 2.05) is 31.2 Å². The van der Waals surface area contributed by atoms with Gasteiger partial charge in [-0.15, -0.1) is 0 Å². The summed E-state index contributed by atoms with van der Waals surface area (Å²) >= 11 is 0. The molecule has 1 unspecified atom stereocenters. The standard InChI is InChI=1S/C17H22N2O5/c1-12-3-5-14(6-4-12)19-10-13(9-15(19)20)17(23)18(7-8-24-2)11-16(21)22/h3-6,13H,7-11H2,1-2H3,(H,21,22). The average Bonchev–Trinajstić information content (AvgIpc) is 2.93. The van der Waals surface area contributed by atoms with Crippen molar-refractivity contribution >= 4 is 23.5 Å². The molecule has 1 fully saturated rings. The van der Waals surface area contributed by atoms with Gasteiger partial charge in [0.15, 0.2) is 0 Å². The lowest BCUT2D eigenvalue weighted by atomic mass is 10.1. The van der Waals surface area contributed by atoms with Crippen LogP contribution in [0.5, 0.6) is 0 Å². The van der Waals surface area contributed by atoms with E-state index in [2.05, 4.69) is 0 Å². The van der Waals surface area contributed by atoms with E-state index >= 15 is 0 Å². The first kappa shape index (κ1) is 17.9. The number of carbonyl (C=O) groups is 3. The Balaban J connectivity index is 2.08. The molecule has 0 saturated carbocycles. The number of carbonyl (C=O) groups excluding carboxylic acids is 2. The van der Waals surface area contributed by atoms with E-state index in [4.69, 9.17) is 9.84 Å². The Morgan fingerprint density at radius 3 is 2.58 bits per heavy atom. The summed E-state index contributed by atoms with van der Waals surface area (Å²) in [5, 5.41) is 8.97. The van der Waals surface area contributed by atoms with Crippen molar-refractivity contribution in [2.24, 2.45) is 5.92 Å². The van der Waals surface area contributed by atoms with Gasteiger partial charge in [0, 0.05) is 32.3 Å². The van der Waals surface area contributed by atoms with E-state index in [0.29, 0.717) is 0 Å². The summed E-state index contributed by atoms with van der Waals surface area (Å²) in [6.07, 6.45) is 0.0931. The maximum atomic E-state index is 12.6. The summed E-state index contributed by atoms with van der Waals surface area (Å²) in [4.78, 5) is 38.6. The molecule has 1 aliphatic heterocycles. The average molecular weight is 334 g/mol. The van der Waals surface area contributed by atoms with Crippen LogP contribution in [0.2, 0.25) is 0 Å². The second-order valence-electron chi connectivity index (χ2n) is 5.89. The van der Waals surface area contributed by atoms with Crippen LogP contribution in [0.3, 0.4) is 0 Å². The number of benzene rings is 1. The fourth-order valence-corrected chi connectivity index (χ4v) is 2.74. The van der Waals surface area contributed by atoms with Crippen LogP contribution >= 0.6 is 0 Å². The largest absolute Gasteiger partial charge is 0.480 e. The third-order valence-corrected chi connectivity index (χ3v) is 4.02. The topological polar surface area (TPSA) is 87.1 Å². The van der Waals surface area contributed by atoms with Gasteiger partial charge in [-0.25, -0.2) is 0 Å². The van der Waals surface area contributed by atoms with Gasteiger partial charge in [-0.2, -0.15) is 0 Å². The molecule has 7 nitrogen and oxygen atoms in total. The lowest BCUT2D eigenvalue weighted by molar-refractivity contribution is -0.146. The van der Waals surface area contributed by atoms with Crippen molar-refractivity contribution in [3.8, 4) is 0 Å². The molecule has 1 saturated heterocycles. The maximum Gasteiger partial charge on any atom is 0.323 e. The molecule has 1 aromatic carbocycles. The Kier molecular flexibility index (Phi) is 5.92. The van der Waals surface area contributed by atoms with Crippen LogP contribution in [0.1, 0.15) is 12.0 Å². The van der Waals surface area contributed by atoms with Crippen LogP contribution < -0.4 is 4.90 Å². The highest BCUT2D eigenvalue weighted by atomic mass is 16.5. The number of rotatable bonds is 7. The van der Waals surface area contributed by atoms with Crippen LogP contribution in [-0.4, -0.2) is 61.1 Å². The minimum absolute atomic E-state index is 0.0931. The van der Waals surface area contributed by atoms with Crippen molar-refractivity contribution in [3.05, 3.63) is 29.8 Å². The molecular formula is C17H22N2O5. The summed E-state index contributed by atoms with van der Waals surface area (Å²) < 4.78 is 4.93.